The van der Waals surface area contributed by atoms with E-state index < -0.39 is 17.4 Å². The molecule has 1 saturated carbocycles. The van der Waals surface area contributed by atoms with Crippen LogP contribution < -0.4 is 0 Å². The first-order valence-corrected chi connectivity index (χ1v) is 4.40. The molecule has 4 heteroatoms. The van der Waals surface area contributed by atoms with Gasteiger partial charge in [-0.05, 0) is 24.7 Å². The molecular formula is C9H14O4. The van der Waals surface area contributed by atoms with Gasteiger partial charge < -0.3 is 10.2 Å². The molecule has 0 radical (unpaired) electrons. The molecule has 1 rings (SSSR count). The Balaban J connectivity index is 3.15. The van der Waals surface area contributed by atoms with E-state index in [-0.39, 0.29) is 11.8 Å². The van der Waals surface area contributed by atoms with Crippen molar-refractivity contribution in [3.05, 3.63) is 0 Å². The summed E-state index contributed by atoms with van der Waals surface area (Å²) in [7, 11) is 0. The van der Waals surface area contributed by atoms with Crippen LogP contribution in [0, 0.1) is 17.3 Å². The fourth-order valence-electron chi connectivity index (χ4n) is 2.38. The molecule has 0 aromatic rings. The lowest BCUT2D eigenvalue weighted by Gasteiger charge is -2.28. The van der Waals surface area contributed by atoms with Crippen molar-refractivity contribution in [3.8, 4) is 0 Å². The van der Waals surface area contributed by atoms with Crippen LogP contribution in [0.3, 0.4) is 0 Å². The van der Waals surface area contributed by atoms with E-state index in [2.05, 4.69) is 0 Å². The third-order valence-electron chi connectivity index (χ3n) is 3.30. The molecule has 0 amide bonds. The Labute approximate surface area is 76.6 Å². The van der Waals surface area contributed by atoms with Crippen molar-refractivity contribution in [1.82, 2.24) is 0 Å². The first kappa shape index (κ1) is 10.0. The highest BCUT2D eigenvalue weighted by Gasteiger charge is 2.58. The minimum Gasteiger partial charge on any atom is -0.480 e. The van der Waals surface area contributed by atoms with Gasteiger partial charge in [-0.25, -0.2) is 0 Å². The van der Waals surface area contributed by atoms with E-state index in [4.69, 9.17) is 10.2 Å². The van der Waals surface area contributed by atoms with Crippen LogP contribution in [-0.2, 0) is 9.59 Å². The second kappa shape index (κ2) is 3.01. The van der Waals surface area contributed by atoms with E-state index in [1.807, 2.05) is 0 Å². The molecule has 0 unspecified atom stereocenters. The van der Waals surface area contributed by atoms with Gasteiger partial charge in [0, 0.05) is 0 Å². The van der Waals surface area contributed by atoms with Crippen LogP contribution in [0.4, 0.5) is 0 Å². The summed E-state index contributed by atoms with van der Waals surface area (Å²) in [5, 5.41) is 18.0. The lowest BCUT2D eigenvalue weighted by atomic mass is 9.73. The second-order valence-corrected chi connectivity index (χ2v) is 3.86. The van der Waals surface area contributed by atoms with Gasteiger partial charge in [0.25, 0.3) is 0 Å². The zero-order valence-corrected chi connectivity index (χ0v) is 7.78. The minimum atomic E-state index is -1.56. The van der Waals surface area contributed by atoms with Gasteiger partial charge in [-0.2, -0.15) is 0 Å². The standard InChI is InChI=1S/C9H14O4/c1-5-3-4-6(2)9(5,7(10)11)8(12)13/h5-6H,3-4H2,1-2H3,(H,10,11)(H,12,13)/t5-,6-/m0/s1. The van der Waals surface area contributed by atoms with Crippen molar-refractivity contribution >= 4 is 11.9 Å². The van der Waals surface area contributed by atoms with E-state index >= 15 is 0 Å². The summed E-state index contributed by atoms with van der Waals surface area (Å²) in [4.78, 5) is 22.0. The zero-order valence-electron chi connectivity index (χ0n) is 7.78. The van der Waals surface area contributed by atoms with E-state index in [0.717, 1.165) is 0 Å². The highest BCUT2D eigenvalue weighted by atomic mass is 16.4. The topological polar surface area (TPSA) is 74.6 Å². The largest absolute Gasteiger partial charge is 0.480 e. The number of hydrogen-bond acceptors (Lipinski definition) is 2. The number of hydrogen-bond donors (Lipinski definition) is 2. The maximum absolute atomic E-state index is 11.0. The predicted molar refractivity (Wildman–Crippen MR) is 45.3 cm³/mol. The van der Waals surface area contributed by atoms with E-state index in [9.17, 15) is 9.59 Å². The van der Waals surface area contributed by atoms with Crippen LogP contribution in [0.25, 0.3) is 0 Å². The number of aliphatic carboxylic acids is 2. The first-order chi connectivity index (χ1) is 5.94. The van der Waals surface area contributed by atoms with Crippen LogP contribution in [0.5, 0.6) is 0 Å². The maximum atomic E-state index is 11.0. The van der Waals surface area contributed by atoms with Gasteiger partial charge >= 0.3 is 11.9 Å². The normalized spacial score (nSPS) is 31.5. The number of carboxylic acid groups (broad SMARTS) is 2. The van der Waals surface area contributed by atoms with Crippen LogP contribution in [-0.4, -0.2) is 22.2 Å². The van der Waals surface area contributed by atoms with Crippen LogP contribution >= 0.6 is 0 Å². The predicted octanol–water partition coefficient (Wildman–Crippen LogP) is 1.21. The Morgan fingerprint density at radius 1 is 1.08 bits per heavy atom. The Hall–Kier alpha value is -1.06. The molecule has 1 fully saturated rings. The molecule has 0 spiro atoms. The molecule has 13 heavy (non-hydrogen) atoms. The van der Waals surface area contributed by atoms with Crippen molar-refractivity contribution < 1.29 is 19.8 Å². The molecule has 0 bridgehead atoms. The Kier molecular flexibility index (Phi) is 2.32. The van der Waals surface area contributed by atoms with Crippen LogP contribution in [0.2, 0.25) is 0 Å². The lowest BCUT2D eigenvalue weighted by molar-refractivity contribution is -0.170. The average molecular weight is 186 g/mol. The molecule has 1 aliphatic carbocycles. The van der Waals surface area contributed by atoms with Gasteiger partial charge in [-0.15, -0.1) is 0 Å². The molecule has 2 atom stereocenters. The molecule has 4 nitrogen and oxygen atoms in total. The summed E-state index contributed by atoms with van der Waals surface area (Å²) >= 11 is 0. The minimum absolute atomic E-state index is 0.280. The molecule has 0 aromatic heterocycles. The number of carbonyl (C=O) groups is 2. The van der Waals surface area contributed by atoms with Gasteiger partial charge in [-0.3, -0.25) is 9.59 Å². The molecule has 0 aliphatic heterocycles. The number of carboxylic acids is 2. The Morgan fingerprint density at radius 3 is 1.54 bits per heavy atom. The molecule has 74 valence electrons. The fourth-order valence-corrected chi connectivity index (χ4v) is 2.38. The highest BCUT2D eigenvalue weighted by Crippen LogP contribution is 2.48. The summed E-state index contributed by atoms with van der Waals surface area (Å²) in [5.74, 6) is -2.95. The Morgan fingerprint density at radius 2 is 1.38 bits per heavy atom. The smallest absolute Gasteiger partial charge is 0.321 e. The monoisotopic (exact) mass is 186 g/mol. The highest BCUT2D eigenvalue weighted by molar-refractivity contribution is 5.99. The number of rotatable bonds is 2. The fraction of sp³-hybridized carbons (Fsp3) is 0.778. The van der Waals surface area contributed by atoms with Gasteiger partial charge in [-0.1, -0.05) is 13.8 Å². The van der Waals surface area contributed by atoms with Gasteiger partial charge in [0.15, 0.2) is 5.41 Å². The summed E-state index contributed by atoms with van der Waals surface area (Å²) in [6, 6.07) is 0. The SMILES string of the molecule is C[C@H]1CC[C@H](C)C1(C(=O)O)C(=O)O. The third-order valence-corrected chi connectivity index (χ3v) is 3.30. The van der Waals surface area contributed by atoms with Gasteiger partial charge in [0.1, 0.15) is 0 Å². The summed E-state index contributed by atoms with van der Waals surface area (Å²) in [6.45, 7) is 3.40. The third kappa shape index (κ3) is 1.12. The molecular weight excluding hydrogens is 172 g/mol. The van der Waals surface area contributed by atoms with Crippen molar-refractivity contribution in [2.24, 2.45) is 17.3 Å². The lowest BCUT2D eigenvalue weighted by Crippen LogP contribution is -2.45. The Bertz CT molecular complexity index is 220. The van der Waals surface area contributed by atoms with E-state index in [1.54, 1.807) is 13.8 Å². The summed E-state index contributed by atoms with van der Waals surface area (Å²) < 4.78 is 0. The second-order valence-electron chi connectivity index (χ2n) is 3.86. The molecule has 2 N–H and O–H groups in total. The van der Waals surface area contributed by atoms with Crippen LogP contribution in [0.15, 0.2) is 0 Å². The summed E-state index contributed by atoms with van der Waals surface area (Å²) in [5.41, 5.74) is -1.56. The quantitative estimate of drug-likeness (QED) is 0.635. The van der Waals surface area contributed by atoms with Crippen molar-refractivity contribution in [2.45, 2.75) is 26.7 Å². The average Bonchev–Trinajstić information content (AvgIpc) is 2.27. The van der Waals surface area contributed by atoms with Crippen molar-refractivity contribution in [1.29, 1.82) is 0 Å². The van der Waals surface area contributed by atoms with Crippen molar-refractivity contribution in [3.63, 3.8) is 0 Å². The van der Waals surface area contributed by atoms with E-state index in [1.165, 1.54) is 0 Å². The molecule has 1 aliphatic rings. The molecule has 0 saturated heterocycles. The van der Waals surface area contributed by atoms with Gasteiger partial charge in [0.05, 0.1) is 0 Å². The molecule has 0 aromatic carbocycles. The maximum Gasteiger partial charge on any atom is 0.321 e. The van der Waals surface area contributed by atoms with Crippen molar-refractivity contribution in [2.75, 3.05) is 0 Å². The summed E-state index contributed by atoms with van der Waals surface area (Å²) in [6.07, 6.45) is 1.36. The van der Waals surface area contributed by atoms with E-state index in [0.29, 0.717) is 12.8 Å². The zero-order chi connectivity index (χ0) is 10.2. The van der Waals surface area contributed by atoms with Crippen LogP contribution in [0.1, 0.15) is 26.7 Å². The molecule has 0 heterocycles. The van der Waals surface area contributed by atoms with Gasteiger partial charge in [0.2, 0.25) is 0 Å². The first-order valence-electron chi connectivity index (χ1n) is 4.40.